The topological polar surface area (TPSA) is 30.2 Å². The number of Topliss-reactive ketones (excluding diaryl/α,β-unsaturated/α-hetero) is 1. The average molecular weight is 290 g/mol. The van der Waals surface area contributed by atoms with Gasteiger partial charge in [-0.2, -0.15) is 0 Å². The quantitative estimate of drug-likeness (QED) is 0.769. The normalized spacial score (nSPS) is 10.5. The summed E-state index contributed by atoms with van der Waals surface area (Å²) in [6, 6.07) is 8.14. The Morgan fingerprint density at radius 1 is 1.06 bits per heavy atom. The van der Waals surface area contributed by atoms with Gasteiger partial charge in [-0.15, -0.1) is 0 Å². The molecule has 0 aliphatic carbocycles. The van der Waals surface area contributed by atoms with Crippen LogP contribution in [0.4, 0.5) is 0 Å². The zero-order valence-corrected chi connectivity index (χ0v) is 10.8. The van der Waals surface area contributed by atoms with E-state index in [1.807, 2.05) is 0 Å². The van der Waals surface area contributed by atoms with Gasteiger partial charge in [0.05, 0.1) is 0 Å². The highest BCUT2D eigenvalue weighted by molar-refractivity contribution is 6.36. The number of hydrogen-bond acceptors (Lipinski definition) is 2. The number of carbonyl (C=O) groups is 1. The Balaban J connectivity index is 2.24. The Labute approximate surface area is 113 Å². The number of ketones is 1. The maximum absolute atomic E-state index is 11.9. The minimum absolute atomic E-state index is 0.0857. The first-order chi connectivity index (χ1) is 8.08. The molecule has 2 rings (SSSR count). The van der Waals surface area contributed by atoms with E-state index < -0.39 is 0 Å². The van der Waals surface area contributed by atoms with Crippen molar-refractivity contribution in [2.45, 2.75) is 6.42 Å². The van der Waals surface area contributed by atoms with E-state index >= 15 is 0 Å². The number of hydrogen-bond donors (Lipinski definition) is 0. The van der Waals surface area contributed by atoms with E-state index in [0.29, 0.717) is 15.6 Å². The van der Waals surface area contributed by atoms with E-state index in [4.69, 9.17) is 39.2 Å². The van der Waals surface area contributed by atoms with E-state index in [2.05, 4.69) is 0 Å². The Morgan fingerprint density at radius 3 is 2.24 bits per heavy atom. The van der Waals surface area contributed by atoms with Crippen molar-refractivity contribution in [3.63, 3.8) is 0 Å². The SMILES string of the molecule is O=C(Cc1c(Cl)cccc1Cl)c1ccc(Cl)o1. The van der Waals surface area contributed by atoms with Gasteiger partial charge in [0.2, 0.25) is 5.78 Å². The van der Waals surface area contributed by atoms with Crippen LogP contribution in [0.2, 0.25) is 15.3 Å². The van der Waals surface area contributed by atoms with Gasteiger partial charge in [-0.1, -0.05) is 29.3 Å². The fraction of sp³-hybridized carbons (Fsp3) is 0.0833. The van der Waals surface area contributed by atoms with Crippen molar-refractivity contribution >= 4 is 40.6 Å². The molecular weight excluding hydrogens is 282 g/mol. The lowest BCUT2D eigenvalue weighted by Crippen LogP contribution is -2.03. The van der Waals surface area contributed by atoms with Gasteiger partial charge in [0.25, 0.3) is 0 Å². The first-order valence-corrected chi connectivity index (χ1v) is 5.93. The molecule has 2 nitrogen and oxygen atoms in total. The molecule has 0 atom stereocenters. The van der Waals surface area contributed by atoms with E-state index in [9.17, 15) is 4.79 Å². The van der Waals surface area contributed by atoms with Crippen molar-refractivity contribution in [2.24, 2.45) is 0 Å². The summed E-state index contributed by atoms with van der Waals surface area (Å²) < 4.78 is 5.03. The van der Waals surface area contributed by atoms with Crippen molar-refractivity contribution < 1.29 is 9.21 Å². The molecule has 17 heavy (non-hydrogen) atoms. The van der Waals surface area contributed by atoms with Gasteiger partial charge < -0.3 is 4.42 Å². The monoisotopic (exact) mass is 288 g/mol. The lowest BCUT2D eigenvalue weighted by molar-refractivity contribution is 0.0966. The maximum atomic E-state index is 11.9. The first kappa shape index (κ1) is 12.5. The highest BCUT2D eigenvalue weighted by atomic mass is 35.5. The summed E-state index contributed by atoms with van der Waals surface area (Å²) in [6.07, 6.45) is 0.0857. The molecule has 0 unspecified atom stereocenters. The van der Waals surface area contributed by atoms with Gasteiger partial charge in [0, 0.05) is 16.5 Å². The van der Waals surface area contributed by atoms with Crippen molar-refractivity contribution in [1.29, 1.82) is 0 Å². The predicted molar refractivity (Wildman–Crippen MR) is 68.2 cm³/mol. The molecule has 0 saturated heterocycles. The Bertz CT molecular complexity index is 540. The number of halogens is 3. The average Bonchev–Trinajstić information content (AvgIpc) is 2.70. The third-order valence-electron chi connectivity index (χ3n) is 2.25. The summed E-state index contributed by atoms with van der Waals surface area (Å²) in [5.41, 5.74) is 0.591. The minimum Gasteiger partial charge on any atom is -0.442 e. The van der Waals surface area contributed by atoms with Gasteiger partial charge in [-0.05, 0) is 41.4 Å². The van der Waals surface area contributed by atoms with Crippen LogP contribution in [-0.2, 0) is 6.42 Å². The molecule has 1 aromatic heterocycles. The van der Waals surface area contributed by atoms with Crippen LogP contribution in [-0.4, -0.2) is 5.78 Å². The van der Waals surface area contributed by atoms with Crippen LogP contribution in [0.3, 0.4) is 0 Å². The lowest BCUT2D eigenvalue weighted by atomic mass is 10.1. The van der Waals surface area contributed by atoms with Gasteiger partial charge in [-0.3, -0.25) is 4.79 Å². The van der Waals surface area contributed by atoms with Crippen LogP contribution in [0.1, 0.15) is 16.1 Å². The lowest BCUT2D eigenvalue weighted by Gasteiger charge is -2.04. The van der Waals surface area contributed by atoms with E-state index in [0.717, 1.165) is 0 Å². The maximum Gasteiger partial charge on any atom is 0.202 e. The predicted octanol–water partition coefficient (Wildman–Crippen LogP) is 4.67. The van der Waals surface area contributed by atoms with E-state index in [1.54, 1.807) is 18.2 Å². The second-order valence-electron chi connectivity index (χ2n) is 3.40. The van der Waals surface area contributed by atoms with Crippen molar-refractivity contribution in [3.8, 4) is 0 Å². The molecule has 0 spiro atoms. The van der Waals surface area contributed by atoms with E-state index in [1.165, 1.54) is 12.1 Å². The molecule has 0 aliphatic heterocycles. The third-order valence-corrected chi connectivity index (χ3v) is 3.16. The second kappa shape index (κ2) is 5.13. The highest BCUT2D eigenvalue weighted by Gasteiger charge is 2.15. The van der Waals surface area contributed by atoms with Crippen LogP contribution in [0.25, 0.3) is 0 Å². The molecule has 88 valence electrons. The molecule has 0 aliphatic rings. The highest BCUT2D eigenvalue weighted by Crippen LogP contribution is 2.26. The molecular formula is C12H7Cl3O2. The zero-order valence-electron chi connectivity index (χ0n) is 8.54. The fourth-order valence-electron chi connectivity index (χ4n) is 1.41. The largest absolute Gasteiger partial charge is 0.442 e. The summed E-state index contributed by atoms with van der Waals surface area (Å²) in [4.78, 5) is 11.9. The van der Waals surface area contributed by atoms with Crippen LogP contribution in [0.5, 0.6) is 0 Å². The number of benzene rings is 1. The summed E-state index contributed by atoms with van der Waals surface area (Å²) in [5.74, 6) is -0.0158. The Hall–Kier alpha value is -0.960. The molecule has 1 heterocycles. The first-order valence-electron chi connectivity index (χ1n) is 4.79. The smallest absolute Gasteiger partial charge is 0.202 e. The van der Waals surface area contributed by atoms with Crippen molar-refractivity contribution in [1.82, 2.24) is 0 Å². The summed E-state index contributed by atoms with van der Waals surface area (Å²) in [6.45, 7) is 0. The van der Waals surface area contributed by atoms with Gasteiger partial charge in [0.15, 0.2) is 11.0 Å². The summed E-state index contributed by atoms with van der Waals surface area (Å²) in [7, 11) is 0. The second-order valence-corrected chi connectivity index (χ2v) is 4.59. The van der Waals surface area contributed by atoms with Crippen LogP contribution >= 0.6 is 34.8 Å². The number of carbonyl (C=O) groups excluding carboxylic acids is 1. The van der Waals surface area contributed by atoms with Crippen molar-refractivity contribution in [3.05, 3.63) is 56.9 Å². The Kier molecular flexibility index (Phi) is 3.77. The van der Waals surface area contributed by atoms with Gasteiger partial charge in [0.1, 0.15) is 0 Å². The molecule has 0 N–H and O–H groups in total. The fourth-order valence-corrected chi connectivity index (χ4v) is 2.09. The van der Waals surface area contributed by atoms with Crippen LogP contribution in [0, 0.1) is 0 Å². The molecule has 0 amide bonds. The molecule has 0 radical (unpaired) electrons. The molecule has 5 heteroatoms. The molecule has 0 fully saturated rings. The molecule has 0 saturated carbocycles. The molecule has 1 aromatic carbocycles. The third kappa shape index (κ3) is 2.83. The molecule has 2 aromatic rings. The summed E-state index contributed by atoms with van der Waals surface area (Å²) >= 11 is 17.5. The standard InChI is InChI=1S/C12H7Cl3O2/c13-8-2-1-3-9(14)7(8)6-10(16)11-4-5-12(15)17-11/h1-5H,6H2. The van der Waals surface area contributed by atoms with Crippen LogP contribution in [0.15, 0.2) is 34.7 Å². The van der Waals surface area contributed by atoms with Gasteiger partial charge in [-0.25, -0.2) is 0 Å². The zero-order chi connectivity index (χ0) is 12.4. The Morgan fingerprint density at radius 2 is 1.71 bits per heavy atom. The van der Waals surface area contributed by atoms with Crippen molar-refractivity contribution in [2.75, 3.05) is 0 Å². The minimum atomic E-state index is -0.216. The number of furan rings is 1. The summed E-state index contributed by atoms with van der Waals surface area (Å²) in [5, 5.41) is 1.10. The molecule has 0 bridgehead atoms. The number of rotatable bonds is 3. The van der Waals surface area contributed by atoms with Gasteiger partial charge >= 0.3 is 0 Å². The van der Waals surface area contributed by atoms with Crippen LogP contribution < -0.4 is 0 Å². The van der Waals surface area contributed by atoms with E-state index in [-0.39, 0.29) is 23.2 Å².